The van der Waals surface area contributed by atoms with Gasteiger partial charge in [-0.25, -0.2) is 9.97 Å². The van der Waals surface area contributed by atoms with Crippen LogP contribution < -0.4 is 21.3 Å². The van der Waals surface area contributed by atoms with Crippen LogP contribution in [0.3, 0.4) is 0 Å². The second kappa shape index (κ2) is 12.8. The number of amides is 2. The first-order valence-electron chi connectivity index (χ1n) is 12.5. The van der Waals surface area contributed by atoms with Gasteiger partial charge in [-0.15, -0.1) is 5.10 Å². The van der Waals surface area contributed by atoms with Crippen molar-refractivity contribution >= 4 is 35.1 Å². The summed E-state index contributed by atoms with van der Waals surface area (Å²) in [5.41, 5.74) is 3.20. The Balaban J connectivity index is 1.42. The molecule has 4 aromatic rings. The summed E-state index contributed by atoms with van der Waals surface area (Å²) in [6.45, 7) is 6.83. The van der Waals surface area contributed by atoms with Gasteiger partial charge in [0.2, 0.25) is 5.91 Å². The highest BCUT2D eigenvalue weighted by Gasteiger charge is 2.17. The molecule has 0 unspecified atom stereocenters. The van der Waals surface area contributed by atoms with Gasteiger partial charge in [0.25, 0.3) is 5.91 Å². The van der Waals surface area contributed by atoms with Gasteiger partial charge in [-0.05, 0) is 50.2 Å². The first-order chi connectivity index (χ1) is 18.8. The van der Waals surface area contributed by atoms with Crippen LogP contribution in [-0.2, 0) is 4.79 Å². The van der Waals surface area contributed by atoms with Gasteiger partial charge in [-0.2, -0.15) is 9.90 Å². The molecule has 2 aromatic carbocycles. The van der Waals surface area contributed by atoms with E-state index in [2.05, 4.69) is 36.4 Å². The summed E-state index contributed by atoms with van der Waals surface area (Å²) in [7, 11) is 0. The summed E-state index contributed by atoms with van der Waals surface area (Å²) < 4.78 is 0. The molecule has 0 aliphatic rings. The molecular weight excluding hydrogens is 518 g/mol. The van der Waals surface area contributed by atoms with Crippen LogP contribution in [0.1, 0.15) is 28.7 Å². The number of para-hydroxylation sites is 1. The van der Waals surface area contributed by atoms with Crippen molar-refractivity contribution in [3.8, 4) is 17.1 Å². The predicted molar refractivity (Wildman–Crippen MR) is 151 cm³/mol. The number of hydrogen-bond donors (Lipinski definition) is 4. The molecule has 0 saturated heterocycles. The third-order valence-electron chi connectivity index (χ3n) is 5.73. The van der Waals surface area contributed by atoms with Crippen LogP contribution in [-0.4, -0.2) is 63.0 Å². The lowest BCUT2D eigenvalue weighted by Gasteiger charge is -2.16. The minimum absolute atomic E-state index is 0.0970. The molecule has 2 heterocycles. The Kier molecular flexibility index (Phi) is 9.06. The SMILES string of the molecule is CC(=O)NCCNc1nc(-c2ccc(Cl)cc2)nc(NCCNC(=O)c2nn(-c3ccccc3)nc2C)c1C. The van der Waals surface area contributed by atoms with Crippen LogP contribution in [0, 0.1) is 13.8 Å². The summed E-state index contributed by atoms with van der Waals surface area (Å²) in [4.78, 5) is 34.8. The highest BCUT2D eigenvalue weighted by Crippen LogP contribution is 2.26. The molecular formula is C27H30ClN9O2. The smallest absolute Gasteiger partial charge is 0.273 e. The van der Waals surface area contributed by atoms with E-state index in [-0.39, 0.29) is 17.5 Å². The maximum Gasteiger partial charge on any atom is 0.273 e. The summed E-state index contributed by atoms with van der Waals surface area (Å²) in [5.74, 6) is 1.37. The quantitative estimate of drug-likeness (QED) is 0.210. The molecule has 39 heavy (non-hydrogen) atoms. The molecule has 0 bridgehead atoms. The van der Waals surface area contributed by atoms with E-state index in [1.54, 1.807) is 19.1 Å². The van der Waals surface area contributed by atoms with E-state index >= 15 is 0 Å². The lowest BCUT2D eigenvalue weighted by atomic mass is 10.2. The fourth-order valence-electron chi connectivity index (χ4n) is 3.71. The average Bonchev–Trinajstić information content (AvgIpc) is 3.33. The second-order valence-electron chi connectivity index (χ2n) is 8.73. The molecule has 0 aliphatic heterocycles. The number of aromatic nitrogens is 5. The van der Waals surface area contributed by atoms with E-state index in [1.165, 1.54) is 11.7 Å². The Morgan fingerprint density at radius 1 is 0.821 bits per heavy atom. The maximum absolute atomic E-state index is 12.8. The zero-order valence-corrected chi connectivity index (χ0v) is 22.7. The molecule has 202 valence electrons. The van der Waals surface area contributed by atoms with E-state index in [0.29, 0.717) is 54.4 Å². The topological polar surface area (TPSA) is 139 Å². The fraction of sp³-hybridized carbons (Fsp3) is 0.259. The largest absolute Gasteiger partial charge is 0.368 e. The molecule has 2 amide bonds. The normalized spacial score (nSPS) is 10.7. The minimum atomic E-state index is -0.307. The van der Waals surface area contributed by atoms with Crippen LogP contribution in [0.4, 0.5) is 11.6 Å². The van der Waals surface area contributed by atoms with Gasteiger partial charge in [0.1, 0.15) is 11.6 Å². The number of carbonyl (C=O) groups excluding carboxylic acids is 2. The van der Waals surface area contributed by atoms with Crippen molar-refractivity contribution < 1.29 is 9.59 Å². The van der Waals surface area contributed by atoms with Crippen LogP contribution in [0.5, 0.6) is 0 Å². The van der Waals surface area contributed by atoms with Gasteiger partial charge in [0.15, 0.2) is 11.5 Å². The van der Waals surface area contributed by atoms with Gasteiger partial charge in [0.05, 0.1) is 11.4 Å². The Morgan fingerprint density at radius 2 is 1.44 bits per heavy atom. The Hall–Kier alpha value is -4.51. The van der Waals surface area contributed by atoms with Crippen molar-refractivity contribution in [1.82, 2.24) is 35.6 Å². The minimum Gasteiger partial charge on any atom is -0.368 e. The van der Waals surface area contributed by atoms with Crippen molar-refractivity contribution in [3.05, 3.63) is 76.6 Å². The number of rotatable bonds is 11. The molecule has 0 spiro atoms. The van der Waals surface area contributed by atoms with Gasteiger partial charge in [-0.3, -0.25) is 9.59 Å². The van der Waals surface area contributed by atoms with Crippen molar-refractivity contribution in [1.29, 1.82) is 0 Å². The highest BCUT2D eigenvalue weighted by atomic mass is 35.5. The lowest BCUT2D eigenvalue weighted by Crippen LogP contribution is -2.30. The number of benzene rings is 2. The molecule has 4 rings (SSSR count). The van der Waals surface area contributed by atoms with Crippen molar-refractivity contribution in [2.45, 2.75) is 20.8 Å². The molecule has 4 N–H and O–H groups in total. The van der Waals surface area contributed by atoms with E-state index in [1.807, 2.05) is 49.4 Å². The van der Waals surface area contributed by atoms with E-state index in [0.717, 1.165) is 16.8 Å². The summed E-state index contributed by atoms with van der Waals surface area (Å²) in [6.07, 6.45) is 0. The maximum atomic E-state index is 12.8. The second-order valence-corrected chi connectivity index (χ2v) is 9.16. The zero-order valence-electron chi connectivity index (χ0n) is 22.0. The number of halogens is 1. The van der Waals surface area contributed by atoms with Gasteiger partial charge < -0.3 is 21.3 Å². The van der Waals surface area contributed by atoms with Gasteiger partial charge in [-0.1, -0.05) is 29.8 Å². The number of hydrogen-bond acceptors (Lipinski definition) is 8. The molecule has 12 heteroatoms. The number of nitrogens with one attached hydrogen (secondary N) is 4. The summed E-state index contributed by atoms with van der Waals surface area (Å²) in [6, 6.07) is 16.7. The molecule has 0 atom stereocenters. The number of nitrogens with zero attached hydrogens (tertiary/aromatic N) is 5. The third kappa shape index (κ3) is 7.29. The first-order valence-corrected chi connectivity index (χ1v) is 12.8. The Bertz CT molecular complexity index is 1440. The number of carbonyl (C=O) groups is 2. The first kappa shape index (κ1) is 27.5. The van der Waals surface area contributed by atoms with Crippen molar-refractivity contribution in [2.75, 3.05) is 36.8 Å². The number of anilines is 2. The van der Waals surface area contributed by atoms with Crippen LogP contribution >= 0.6 is 11.6 Å². The molecule has 0 aliphatic carbocycles. The Labute approximate surface area is 231 Å². The van der Waals surface area contributed by atoms with E-state index < -0.39 is 0 Å². The predicted octanol–water partition coefficient (Wildman–Crippen LogP) is 3.38. The van der Waals surface area contributed by atoms with Crippen LogP contribution in [0.15, 0.2) is 54.6 Å². The van der Waals surface area contributed by atoms with E-state index in [4.69, 9.17) is 16.6 Å². The van der Waals surface area contributed by atoms with E-state index in [9.17, 15) is 9.59 Å². The molecule has 2 aromatic heterocycles. The zero-order chi connectivity index (χ0) is 27.8. The molecule has 11 nitrogen and oxygen atoms in total. The third-order valence-corrected chi connectivity index (χ3v) is 5.98. The van der Waals surface area contributed by atoms with Gasteiger partial charge >= 0.3 is 0 Å². The molecule has 0 fully saturated rings. The summed E-state index contributed by atoms with van der Waals surface area (Å²) in [5, 5.41) is 21.5. The van der Waals surface area contributed by atoms with Crippen molar-refractivity contribution in [2.24, 2.45) is 0 Å². The average molecular weight is 548 g/mol. The summed E-state index contributed by atoms with van der Waals surface area (Å²) >= 11 is 6.05. The number of aryl methyl sites for hydroxylation is 1. The highest BCUT2D eigenvalue weighted by molar-refractivity contribution is 6.30. The van der Waals surface area contributed by atoms with Crippen LogP contribution in [0.2, 0.25) is 5.02 Å². The monoisotopic (exact) mass is 547 g/mol. The van der Waals surface area contributed by atoms with Gasteiger partial charge in [0, 0.05) is 49.3 Å². The fourth-order valence-corrected chi connectivity index (χ4v) is 3.84. The van der Waals surface area contributed by atoms with Crippen LogP contribution in [0.25, 0.3) is 17.1 Å². The molecule has 0 radical (unpaired) electrons. The molecule has 0 saturated carbocycles. The van der Waals surface area contributed by atoms with Crippen molar-refractivity contribution in [3.63, 3.8) is 0 Å². The lowest BCUT2D eigenvalue weighted by molar-refractivity contribution is -0.118. The standard InChI is InChI=1S/C27H30ClN9O2/c1-17-24(30-14-13-29-19(3)38)33-26(20-9-11-21(28)12-10-20)34-25(17)31-15-16-32-27(39)23-18(2)35-37(36-23)22-7-5-4-6-8-22/h4-12H,13-16H2,1-3H3,(H,29,38)(H,32,39)(H2,30,31,33,34). The Morgan fingerprint density at radius 3 is 2.05 bits per heavy atom.